The minimum Gasteiger partial charge on any atom is -0.465 e. The van der Waals surface area contributed by atoms with Crippen LogP contribution >= 0.6 is 7.60 Å². The third-order valence-electron chi connectivity index (χ3n) is 5.66. The van der Waals surface area contributed by atoms with Gasteiger partial charge in [-0.05, 0) is 38.5 Å². The van der Waals surface area contributed by atoms with Gasteiger partial charge in [-0.15, -0.1) is 0 Å². The monoisotopic (exact) mass is 478 g/mol. The third-order valence-corrected chi connectivity index (χ3v) is 8.05. The molecule has 190 valence electrons. The van der Waals surface area contributed by atoms with Crippen molar-refractivity contribution in [3.05, 3.63) is 0 Å². The number of carbonyl (C=O) groups is 2. The third kappa shape index (κ3) is 12.4. The highest BCUT2D eigenvalue weighted by Crippen LogP contribution is 2.54. The standard InChI is InChI=1S/C24H47O7P/c1-7-13-15-20(9-3)18-28-23(25)17-22(32(27,30-11-5)31-12-6)24(26)29-19-21(10-4)16-14-8-2/h20-22H,7-19H2,1-6H3. The van der Waals surface area contributed by atoms with Crippen LogP contribution in [0.3, 0.4) is 0 Å². The van der Waals surface area contributed by atoms with Crippen LogP contribution in [-0.2, 0) is 32.7 Å². The van der Waals surface area contributed by atoms with Crippen molar-refractivity contribution >= 4 is 19.5 Å². The Hall–Kier alpha value is -0.910. The molecule has 3 atom stereocenters. The van der Waals surface area contributed by atoms with E-state index in [2.05, 4.69) is 27.7 Å². The van der Waals surface area contributed by atoms with E-state index in [1.165, 1.54) is 0 Å². The SMILES string of the molecule is CCCCC(CC)COC(=O)CC(C(=O)OCC(CC)CCCC)P(=O)(OCC)OCC. The zero-order valence-electron chi connectivity index (χ0n) is 21.2. The van der Waals surface area contributed by atoms with Crippen molar-refractivity contribution in [1.29, 1.82) is 0 Å². The Morgan fingerprint density at radius 3 is 1.62 bits per heavy atom. The lowest BCUT2D eigenvalue weighted by Gasteiger charge is -2.25. The van der Waals surface area contributed by atoms with Crippen LogP contribution in [0.4, 0.5) is 0 Å². The van der Waals surface area contributed by atoms with Crippen LogP contribution in [0.15, 0.2) is 0 Å². The molecule has 0 spiro atoms. The Kier molecular flexibility index (Phi) is 18.0. The zero-order chi connectivity index (χ0) is 24.4. The average Bonchev–Trinajstić information content (AvgIpc) is 2.77. The largest absolute Gasteiger partial charge is 0.465 e. The van der Waals surface area contributed by atoms with E-state index < -0.39 is 25.2 Å². The number of hydrogen-bond donors (Lipinski definition) is 0. The van der Waals surface area contributed by atoms with Crippen molar-refractivity contribution in [2.75, 3.05) is 26.4 Å². The lowest BCUT2D eigenvalue weighted by molar-refractivity contribution is -0.152. The summed E-state index contributed by atoms with van der Waals surface area (Å²) >= 11 is 0. The first kappa shape index (κ1) is 31.1. The van der Waals surface area contributed by atoms with Gasteiger partial charge in [-0.25, -0.2) is 0 Å². The molecule has 0 bridgehead atoms. The van der Waals surface area contributed by atoms with Crippen molar-refractivity contribution < 1.29 is 32.7 Å². The molecule has 0 aliphatic rings. The van der Waals surface area contributed by atoms with Gasteiger partial charge in [-0.1, -0.05) is 66.2 Å². The summed E-state index contributed by atoms with van der Waals surface area (Å²) in [5.41, 5.74) is -1.32. The molecule has 0 heterocycles. The zero-order valence-corrected chi connectivity index (χ0v) is 22.1. The van der Waals surface area contributed by atoms with Crippen molar-refractivity contribution in [3.63, 3.8) is 0 Å². The molecule has 0 fully saturated rings. The van der Waals surface area contributed by atoms with E-state index in [9.17, 15) is 14.2 Å². The van der Waals surface area contributed by atoms with Gasteiger partial charge < -0.3 is 18.5 Å². The summed E-state index contributed by atoms with van der Waals surface area (Å²) < 4.78 is 35.1. The number of unbranched alkanes of at least 4 members (excludes halogenated alkanes) is 2. The highest BCUT2D eigenvalue weighted by atomic mass is 31.2. The van der Waals surface area contributed by atoms with Crippen molar-refractivity contribution in [2.24, 2.45) is 11.8 Å². The molecule has 0 rings (SSSR count). The van der Waals surface area contributed by atoms with Gasteiger partial charge in [0.15, 0.2) is 5.66 Å². The molecule has 7 nitrogen and oxygen atoms in total. The summed E-state index contributed by atoms with van der Waals surface area (Å²) in [6.07, 6.45) is 7.63. The molecule has 0 aromatic carbocycles. The van der Waals surface area contributed by atoms with Crippen LogP contribution in [0, 0.1) is 11.8 Å². The van der Waals surface area contributed by atoms with Crippen LogP contribution in [0.25, 0.3) is 0 Å². The van der Waals surface area contributed by atoms with E-state index in [4.69, 9.17) is 18.5 Å². The number of rotatable bonds is 20. The first-order valence-electron chi connectivity index (χ1n) is 12.5. The number of hydrogen-bond acceptors (Lipinski definition) is 7. The first-order valence-corrected chi connectivity index (χ1v) is 14.1. The number of carbonyl (C=O) groups excluding carboxylic acids is 2. The Bertz CT molecular complexity index is 542. The quantitative estimate of drug-likeness (QED) is 0.145. The summed E-state index contributed by atoms with van der Waals surface area (Å²) in [5.74, 6) is -0.799. The van der Waals surface area contributed by atoms with Crippen molar-refractivity contribution in [3.8, 4) is 0 Å². The molecule has 3 unspecified atom stereocenters. The Balaban J connectivity index is 5.27. The molecule has 0 N–H and O–H groups in total. The average molecular weight is 479 g/mol. The Morgan fingerprint density at radius 1 is 0.750 bits per heavy atom. The summed E-state index contributed by atoms with van der Waals surface area (Å²) in [4.78, 5) is 25.5. The molecular formula is C24H47O7P. The highest BCUT2D eigenvalue weighted by Gasteiger charge is 2.44. The topological polar surface area (TPSA) is 88.1 Å². The van der Waals surface area contributed by atoms with E-state index >= 15 is 0 Å². The molecule has 0 saturated carbocycles. The molecular weight excluding hydrogens is 431 g/mol. The second kappa shape index (κ2) is 18.5. The maximum absolute atomic E-state index is 13.4. The van der Waals surface area contributed by atoms with Gasteiger partial charge in [-0.3, -0.25) is 14.2 Å². The van der Waals surface area contributed by atoms with E-state index in [0.717, 1.165) is 51.4 Å². The van der Waals surface area contributed by atoms with E-state index in [0.29, 0.717) is 6.61 Å². The summed E-state index contributed by atoms with van der Waals surface area (Å²) in [5, 5.41) is 0. The van der Waals surface area contributed by atoms with Crippen LogP contribution < -0.4 is 0 Å². The smallest absolute Gasteiger partial charge is 0.345 e. The van der Waals surface area contributed by atoms with Crippen LogP contribution in [-0.4, -0.2) is 44.0 Å². The summed E-state index contributed by atoms with van der Waals surface area (Å²) in [6, 6.07) is 0. The van der Waals surface area contributed by atoms with Crippen LogP contribution in [0.5, 0.6) is 0 Å². The van der Waals surface area contributed by atoms with Gasteiger partial charge >= 0.3 is 19.5 Å². The molecule has 0 radical (unpaired) electrons. The number of esters is 2. The van der Waals surface area contributed by atoms with E-state index in [1.54, 1.807) is 13.8 Å². The molecule has 0 aliphatic carbocycles. The van der Waals surface area contributed by atoms with Crippen LogP contribution in [0.2, 0.25) is 0 Å². The van der Waals surface area contributed by atoms with Gasteiger partial charge in [-0.2, -0.15) is 0 Å². The molecule has 0 amide bonds. The van der Waals surface area contributed by atoms with Gasteiger partial charge in [0.25, 0.3) is 0 Å². The number of ether oxygens (including phenoxy) is 2. The van der Waals surface area contributed by atoms with E-state index in [-0.39, 0.29) is 38.1 Å². The summed E-state index contributed by atoms with van der Waals surface area (Å²) in [7, 11) is -3.88. The molecule has 0 aromatic heterocycles. The van der Waals surface area contributed by atoms with Gasteiger partial charge in [0.05, 0.1) is 32.8 Å². The molecule has 0 aromatic rings. The van der Waals surface area contributed by atoms with Gasteiger partial charge in [0.2, 0.25) is 0 Å². The highest BCUT2D eigenvalue weighted by molar-refractivity contribution is 7.55. The lowest BCUT2D eigenvalue weighted by Crippen LogP contribution is -2.31. The molecule has 0 aliphatic heterocycles. The second-order valence-electron chi connectivity index (χ2n) is 8.24. The predicted molar refractivity (Wildman–Crippen MR) is 128 cm³/mol. The fourth-order valence-corrected chi connectivity index (χ4v) is 5.28. The Labute approximate surface area is 195 Å². The molecule has 8 heteroatoms. The second-order valence-corrected chi connectivity index (χ2v) is 10.5. The lowest BCUT2D eigenvalue weighted by atomic mass is 10.0. The summed E-state index contributed by atoms with van der Waals surface area (Å²) in [6.45, 7) is 12.4. The minimum absolute atomic E-state index is 0.0963. The Morgan fingerprint density at radius 2 is 1.22 bits per heavy atom. The first-order chi connectivity index (χ1) is 15.3. The molecule has 32 heavy (non-hydrogen) atoms. The van der Waals surface area contributed by atoms with Crippen LogP contribution in [0.1, 0.15) is 99.3 Å². The normalized spacial score (nSPS) is 14.6. The fourth-order valence-electron chi connectivity index (χ4n) is 3.42. The minimum atomic E-state index is -3.88. The molecule has 0 saturated heterocycles. The predicted octanol–water partition coefficient (Wildman–Crippen LogP) is 6.53. The van der Waals surface area contributed by atoms with Crippen molar-refractivity contribution in [1.82, 2.24) is 0 Å². The maximum Gasteiger partial charge on any atom is 0.345 e. The fraction of sp³-hybridized carbons (Fsp3) is 0.917. The van der Waals surface area contributed by atoms with E-state index in [1.807, 2.05) is 0 Å². The van der Waals surface area contributed by atoms with Gasteiger partial charge in [0.1, 0.15) is 0 Å². The van der Waals surface area contributed by atoms with Crippen molar-refractivity contribution in [2.45, 2.75) is 105 Å². The maximum atomic E-state index is 13.4. The van der Waals surface area contributed by atoms with Gasteiger partial charge in [0, 0.05) is 0 Å².